The molecule has 1 amide bonds. The molecule has 2 aromatic carbocycles. The van der Waals surface area contributed by atoms with E-state index < -0.39 is 57.0 Å². The summed E-state index contributed by atoms with van der Waals surface area (Å²) in [5.74, 6) is -1.35. The van der Waals surface area contributed by atoms with E-state index in [1.54, 1.807) is 0 Å². The Morgan fingerprint density at radius 3 is 2.36 bits per heavy atom. The van der Waals surface area contributed by atoms with Crippen LogP contribution in [0.25, 0.3) is 16.8 Å². The Morgan fingerprint density at radius 1 is 1.15 bits per heavy atom. The molecule has 0 aliphatic carbocycles. The zero-order chi connectivity index (χ0) is 24.6. The molecule has 1 heterocycles. The Labute approximate surface area is 183 Å². The first kappa shape index (κ1) is 24.1. The number of ether oxygens (including phenoxy) is 1. The molecule has 0 unspecified atom stereocenters. The second-order valence-corrected chi connectivity index (χ2v) is 8.18. The molecule has 8 nitrogen and oxygen atoms in total. The van der Waals surface area contributed by atoms with Gasteiger partial charge in [0.2, 0.25) is 15.9 Å². The van der Waals surface area contributed by atoms with Crippen LogP contribution in [0.4, 0.5) is 22.0 Å². The number of aromatic nitrogens is 2. The van der Waals surface area contributed by atoms with Gasteiger partial charge in [-0.05, 0) is 17.7 Å². The molecule has 4 N–H and O–H groups in total. The van der Waals surface area contributed by atoms with E-state index in [0.717, 1.165) is 12.1 Å². The number of nitrogens with zero attached hydrogens (tertiary/aromatic N) is 2. The van der Waals surface area contributed by atoms with Gasteiger partial charge in [0.25, 0.3) is 0 Å². The van der Waals surface area contributed by atoms with Crippen LogP contribution in [0.3, 0.4) is 0 Å². The average molecular weight is 490 g/mol. The largest absolute Gasteiger partial charge is 0.434 e. The van der Waals surface area contributed by atoms with Crippen molar-refractivity contribution in [2.24, 2.45) is 10.9 Å². The van der Waals surface area contributed by atoms with Crippen molar-refractivity contribution in [3.8, 4) is 22.6 Å². The molecule has 176 valence electrons. The van der Waals surface area contributed by atoms with E-state index in [2.05, 4.69) is 9.84 Å². The number of alkyl halides is 5. The number of hydrogen-bond donors (Lipinski definition) is 2. The molecule has 0 bridgehead atoms. The van der Waals surface area contributed by atoms with Gasteiger partial charge in [0.15, 0.2) is 0 Å². The summed E-state index contributed by atoms with van der Waals surface area (Å²) in [6.07, 6.45) is -4.30. The summed E-state index contributed by atoms with van der Waals surface area (Å²) in [6.45, 7) is -3.28. The van der Waals surface area contributed by atoms with E-state index in [1.807, 2.05) is 0 Å². The lowest BCUT2D eigenvalue weighted by Crippen LogP contribution is -2.20. The Bertz CT molecular complexity index is 1310. The maximum absolute atomic E-state index is 13.0. The number of primary amides is 1. The highest BCUT2D eigenvalue weighted by atomic mass is 32.2. The van der Waals surface area contributed by atoms with Crippen molar-refractivity contribution in [2.45, 2.75) is 24.1 Å². The van der Waals surface area contributed by atoms with Gasteiger partial charge in [-0.1, -0.05) is 24.3 Å². The number of carbonyl (C=O) groups excluding carboxylic acids is 1. The predicted molar refractivity (Wildman–Crippen MR) is 105 cm³/mol. The molecular formula is C19H15F5N4O4S. The normalized spacial score (nSPS) is 12.2. The summed E-state index contributed by atoms with van der Waals surface area (Å²) < 4.78 is 95.3. The van der Waals surface area contributed by atoms with Gasteiger partial charge in [-0.3, -0.25) is 4.79 Å². The van der Waals surface area contributed by atoms with Crippen LogP contribution in [0, 0.1) is 0 Å². The lowest BCUT2D eigenvalue weighted by molar-refractivity contribution is -0.137. The summed E-state index contributed by atoms with van der Waals surface area (Å²) in [7, 11) is -4.73. The lowest BCUT2D eigenvalue weighted by atomic mass is 9.95. The summed E-state index contributed by atoms with van der Waals surface area (Å²) in [5, 5.41) is 8.94. The van der Waals surface area contributed by atoms with Crippen LogP contribution in [0.1, 0.15) is 11.1 Å². The Balaban J connectivity index is 2.41. The summed E-state index contributed by atoms with van der Waals surface area (Å²) in [6, 6.07) is 7.32. The van der Waals surface area contributed by atoms with Crippen LogP contribution in [0.15, 0.2) is 53.7 Å². The number of primary sulfonamides is 1. The van der Waals surface area contributed by atoms with Crippen molar-refractivity contribution in [2.75, 3.05) is 0 Å². The number of para-hydroxylation sites is 1. The topological polar surface area (TPSA) is 130 Å². The molecule has 0 aliphatic heterocycles. The number of nitrogens with two attached hydrogens (primary N) is 2. The molecule has 0 spiro atoms. The zero-order valence-corrected chi connectivity index (χ0v) is 17.2. The van der Waals surface area contributed by atoms with E-state index in [4.69, 9.17) is 10.9 Å². The smallest absolute Gasteiger partial charge is 0.419 e. The summed E-state index contributed by atoms with van der Waals surface area (Å²) >= 11 is 0. The standard InChI is InChI=1S/C19H15F5N4O4S/c20-18(21)32-14-4-2-1-3-12(14)16-10(7-15(25)29)5-6-13(17(16)33(26,30)31)28-9-11(8-27-28)19(22,23)24/h1-6,8-9,18H,7H2,(H2,25,29)(H2,26,30,31). The van der Waals surface area contributed by atoms with Crippen molar-refractivity contribution >= 4 is 15.9 Å². The third-order valence-corrected chi connectivity index (χ3v) is 5.38. The first-order valence-electron chi connectivity index (χ1n) is 8.92. The maximum Gasteiger partial charge on any atom is 0.419 e. The molecular weight excluding hydrogens is 475 g/mol. The molecule has 14 heteroatoms. The SMILES string of the molecule is NC(=O)Cc1ccc(-n2cc(C(F)(F)F)cn2)c(S(N)(=O)=O)c1-c1ccccc1OC(F)F. The third kappa shape index (κ3) is 5.28. The van der Waals surface area contributed by atoms with E-state index >= 15 is 0 Å². The minimum absolute atomic E-state index is 0.0382. The molecule has 33 heavy (non-hydrogen) atoms. The fraction of sp³-hybridized carbons (Fsp3) is 0.158. The molecule has 0 aliphatic rings. The Kier molecular flexibility index (Phi) is 6.42. The van der Waals surface area contributed by atoms with Gasteiger partial charge in [0.1, 0.15) is 10.6 Å². The van der Waals surface area contributed by atoms with E-state index in [-0.39, 0.29) is 16.7 Å². The van der Waals surface area contributed by atoms with Crippen molar-refractivity contribution in [3.05, 3.63) is 59.9 Å². The molecule has 0 saturated carbocycles. The van der Waals surface area contributed by atoms with E-state index in [1.165, 1.54) is 24.3 Å². The predicted octanol–water partition coefficient (Wildman–Crippen LogP) is 2.83. The minimum Gasteiger partial charge on any atom is -0.434 e. The molecule has 3 aromatic rings. The van der Waals surface area contributed by atoms with Crippen LogP contribution < -0.4 is 15.6 Å². The number of rotatable bonds is 7. The lowest BCUT2D eigenvalue weighted by Gasteiger charge is -2.19. The van der Waals surface area contributed by atoms with Gasteiger partial charge >= 0.3 is 12.8 Å². The highest BCUT2D eigenvalue weighted by Crippen LogP contribution is 2.40. The van der Waals surface area contributed by atoms with Crippen LogP contribution >= 0.6 is 0 Å². The molecule has 0 atom stereocenters. The summed E-state index contributed by atoms with van der Waals surface area (Å²) in [5.41, 5.74) is 3.07. The fourth-order valence-corrected chi connectivity index (χ4v) is 4.16. The Morgan fingerprint density at radius 2 is 1.82 bits per heavy atom. The van der Waals surface area contributed by atoms with Crippen LogP contribution in [0.2, 0.25) is 0 Å². The second kappa shape index (κ2) is 8.78. The van der Waals surface area contributed by atoms with Gasteiger partial charge in [-0.25, -0.2) is 18.2 Å². The highest BCUT2D eigenvalue weighted by Gasteiger charge is 2.33. The monoisotopic (exact) mass is 490 g/mol. The van der Waals surface area contributed by atoms with Gasteiger partial charge in [-0.2, -0.15) is 27.1 Å². The third-order valence-electron chi connectivity index (χ3n) is 4.40. The number of hydrogen-bond acceptors (Lipinski definition) is 5. The minimum atomic E-state index is -4.77. The van der Waals surface area contributed by atoms with Crippen LogP contribution in [0.5, 0.6) is 5.75 Å². The van der Waals surface area contributed by atoms with E-state index in [9.17, 15) is 35.2 Å². The molecule has 3 rings (SSSR count). The van der Waals surface area contributed by atoms with Crippen molar-refractivity contribution in [1.29, 1.82) is 0 Å². The first-order valence-corrected chi connectivity index (χ1v) is 10.5. The van der Waals surface area contributed by atoms with Gasteiger partial charge in [0.05, 0.1) is 23.9 Å². The average Bonchev–Trinajstić information content (AvgIpc) is 3.17. The maximum atomic E-state index is 13.0. The summed E-state index contributed by atoms with van der Waals surface area (Å²) in [4.78, 5) is 10.8. The second-order valence-electron chi connectivity index (χ2n) is 6.68. The number of halogens is 5. The number of sulfonamides is 1. The zero-order valence-electron chi connectivity index (χ0n) is 16.4. The van der Waals surface area contributed by atoms with Crippen LogP contribution in [-0.2, 0) is 27.4 Å². The number of benzene rings is 2. The molecule has 0 fully saturated rings. The molecule has 1 aromatic heterocycles. The van der Waals surface area contributed by atoms with Crippen LogP contribution in [-0.4, -0.2) is 30.7 Å². The van der Waals surface area contributed by atoms with Gasteiger partial charge < -0.3 is 10.5 Å². The Hall–Kier alpha value is -3.52. The quantitative estimate of drug-likeness (QED) is 0.492. The van der Waals surface area contributed by atoms with Gasteiger partial charge in [0, 0.05) is 17.3 Å². The van der Waals surface area contributed by atoms with Gasteiger partial charge in [-0.15, -0.1) is 0 Å². The van der Waals surface area contributed by atoms with Crippen molar-refractivity contribution in [3.63, 3.8) is 0 Å². The number of carbonyl (C=O) groups is 1. The molecule has 0 radical (unpaired) electrons. The number of amides is 1. The van der Waals surface area contributed by atoms with Crippen molar-refractivity contribution in [1.82, 2.24) is 9.78 Å². The first-order chi connectivity index (χ1) is 15.3. The van der Waals surface area contributed by atoms with E-state index in [0.29, 0.717) is 17.1 Å². The highest BCUT2D eigenvalue weighted by molar-refractivity contribution is 7.89. The van der Waals surface area contributed by atoms with Crippen molar-refractivity contribution < 1.29 is 39.9 Å². The molecule has 0 saturated heterocycles. The fourth-order valence-electron chi connectivity index (χ4n) is 3.18.